The highest BCUT2D eigenvalue weighted by Crippen LogP contribution is 2.27. The Morgan fingerprint density at radius 1 is 0.914 bits per heavy atom. The van der Waals surface area contributed by atoms with Crippen LogP contribution in [-0.2, 0) is 29.0 Å². The van der Waals surface area contributed by atoms with E-state index in [-0.39, 0.29) is 30.8 Å². The van der Waals surface area contributed by atoms with Crippen molar-refractivity contribution in [3.8, 4) is 0 Å². The van der Waals surface area contributed by atoms with Crippen molar-refractivity contribution >= 4 is 35.0 Å². The lowest BCUT2D eigenvalue weighted by molar-refractivity contribution is -0.141. The number of benzene rings is 3. The Kier molecular flexibility index (Phi) is 9.76. The summed E-state index contributed by atoms with van der Waals surface area (Å²) >= 11 is 13.0. The molecule has 2 amide bonds. The Morgan fingerprint density at radius 2 is 1.54 bits per heavy atom. The molecule has 2 atom stereocenters. The third-order valence-electron chi connectivity index (χ3n) is 6.10. The predicted octanol–water partition coefficient (Wildman–Crippen LogP) is 6.40. The quantitative estimate of drug-likeness (QED) is 0.343. The van der Waals surface area contributed by atoms with Gasteiger partial charge in [0.15, 0.2) is 0 Å². The summed E-state index contributed by atoms with van der Waals surface area (Å²) in [7, 11) is 0. The number of amides is 2. The van der Waals surface area contributed by atoms with Crippen molar-refractivity contribution in [3.05, 3.63) is 105 Å². The average Bonchev–Trinajstić information content (AvgIpc) is 2.83. The second-order valence-electron chi connectivity index (χ2n) is 8.91. The number of hydrogen-bond acceptors (Lipinski definition) is 2. The van der Waals surface area contributed by atoms with Gasteiger partial charge in [0, 0.05) is 34.6 Å². The van der Waals surface area contributed by atoms with E-state index in [0.29, 0.717) is 22.0 Å². The maximum atomic E-state index is 13.8. The molecular formula is C29H32Cl2N2O2. The lowest BCUT2D eigenvalue weighted by atomic mass is 10.0. The van der Waals surface area contributed by atoms with Crippen LogP contribution in [0.4, 0.5) is 0 Å². The summed E-state index contributed by atoms with van der Waals surface area (Å²) in [5.41, 5.74) is 3.57. The first-order valence-corrected chi connectivity index (χ1v) is 12.7. The lowest BCUT2D eigenvalue weighted by Crippen LogP contribution is -2.52. The summed E-state index contributed by atoms with van der Waals surface area (Å²) in [4.78, 5) is 29.0. The predicted molar refractivity (Wildman–Crippen MR) is 144 cm³/mol. The van der Waals surface area contributed by atoms with E-state index in [1.54, 1.807) is 23.1 Å². The first-order valence-electron chi connectivity index (χ1n) is 11.9. The first-order chi connectivity index (χ1) is 16.8. The van der Waals surface area contributed by atoms with Crippen LogP contribution >= 0.6 is 23.2 Å². The second-order valence-corrected chi connectivity index (χ2v) is 9.73. The molecule has 0 aliphatic carbocycles. The Balaban J connectivity index is 2.02. The van der Waals surface area contributed by atoms with Gasteiger partial charge in [-0.15, -0.1) is 0 Å². The minimum Gasteiger partial charge on any atom is -0.352 e. The molecule has 3 aromatic rings. The van der Waals surface area contributed by atoms with Crippen LogP contribution < -0.4 is 5.32 Å². The van der Waals surface area contributed by atoms with Crippen molar-refractivity contribution in [2.24, 2.45) is 0 Å². The standard InChI is InChI=1S/C29H32Cl2N2O2/c1-4-21(3)32-29(35)27(17-22-11-6-5-7-12-22)33(19-24-25(30)14-9-15-26(24)31)28(34)18-23-13-8-10-20(2)16-23/h5-16,21,27H,4,17-19H2,1-3H3,(H,32,35)/t21-,27+/m0/s1. The molecular weight excluding hydrogens is 479 g/mol. The van der Waals surface area contributed by atoms with Gasteiger partial charge in [-0.05, 0) is 43.5 Å². The van der Waals surface area contributed by atoms with Crippen molar-refractivity contribution < 1.29 is 9.59 Å². The van der Waals surface area contributed by atoms with Gasteiger partial charge in [-0.1, -0.05) is 96.4 Å². The molecule has 0 aliphatic heterocycles. The number of aryl methyl sites for hydroxylation is 1. The van der Waals surface area contributed by atoms with E-state index in [0.717, 1.165) is 23.1 Å². The summed E-state index contributed by atoms with van der Waals surface area (Å²) in [5, 5.41) is 4.00. The van der Waals surface area contributed by atoms with Gasteiger partial charge in [0.1, 0.15) is 6.04 Å². The third kappa shape index (κ3) is 7.58. The maximum Gasteiger partial charge on any atom is 0.243 e. The van der Waals surface area contributed by atoms with Crippen molar-refractivity contribution in [1.29, 1.82) is 0 Å². The van der Waals surface area contributed by atoms with Crippen molar-refractivity contribution in [2.75, 3.05) is 0 Å². The van der Waals surface area contributed by atoms with Gasteiger partial charge in [0.25, 0.3) is 0 Å². The molecule has 0 saturated carbocycles. The van der Waals surface area contributed by atoms with Crippen LogP contribution in [0.2, 0.25) is 10.0 Å². The smallest absolute Gasteiger partial charge is 0.243 e. The molecule has 0 saturated heterocycles. The van der Waals surface area contributed by atoms with Crippen LogP contribution in [0.3, 0.4) is 0 Å². The van der Waals surface area contributed by atoms with Gasteiger partial charge in [0.05, 0.1) is 6.42 Å². The van der Waals surface area contributed by atoms with E-state index in [4.69, 9.17) is 23.2 Å². The summed E-state index contributed by atoms with van der Waals surface area (Å²) in [5.74, 6) is -0.351. The zero-order valence-electron chi connectivity index (χ0n) is 20.4. The van der Waals surface area contributed by atoms with Gasteiger partial charge in [0.2, 0.25) is 11.8 Å². The summed E-state index contributed by atoms with van der Waals surface area (Å²) < 4.78 is 0. The molecule has 3 rings (SSSR count). The summed E-state index contributed by atoms with van der Waals surface area (Å²) in [6, 6.07) is 22.1. The van der Waals surface area contributed by atoms with Crippen LogP contribution in [0.15, 0.2) is 72.8 Å². The van der Waals surface area contributed by atoms with Gasteiger partial charge in [-0.25, -0.2) is 0 Å². The molecule has 35 heavy (non-hydrogen) atoms. The number of rotatable bonds is 10. The lowest BCUT2D eigenvalue weighted by Gasteiger charge is -2.33. The number of nitrogens with one attached hydrogen (secondary N) is 1. The molecule has 1 N–H and O–H groups in total. The Bertz CT molecular complexity index is 1130. The number of halogens is 2. The topological polar surface area (TPSA) is 49.4 Å². The minimum absolute atomic E-state index is 0.0154. The van der Waals surface area contributed by atoms with Crippen LogP contribution in [0.5, 0.6) is 0 Å². The van der Waals surface area contributed by atoms with E-state index in [1.165, 1.54) is 0 Å². The molecule has 0 aliphatic rings. The van der Waals surface area contributed by atoms with E-state index in [1.807, 2.05) is 75.4 Å². The van der Waals surface area contributed by atoms with Crippen LogP contribution in [0.1, 0.15) is 42.5 Å². The Labute approximate surface area is 218 Å². The van der Waals surface area contributed by atoms with E-state index >= 15 is 0 Å². The number of hydrogen-bond donors (Lipinski definition) is 1. The minimum atomic E-state index is -0.726. The van der Waals surface area contributed by atoms with E-state index in [9.17, 15) is 9.59 Å². The average molecular weight is 511 g/mol. The maximum absolute atomic E-state index is 13.8. The zero-order chi connectivity index (χ0) is 25.4. The van der Waals surface area contributed by atoms with E-state index in [2.05, 4.69) is 5.32 Å². The normalized spacial score (nSPS) is 12.6. The van der Waals surface area contributed by atoms with Gasteiger partial charge < -0.3 is 10.2 Å². The second kappa shape index (κ2) is 12.8. The third-order valence-corrected chi connectivity index (χ3v) is 6.81. The Hall–Kier alpha value is -2.82. The number of nitrogens with zero attached hydrogens (tertiary/aromatic N) is 1. The molecule has 0 radical (unpaired) electrons. The molecule has 0 fully saturated rings. The highest BCUT2D eigenvalue weighted by atomic mass is 35.5. The molecule has 0 bridgehead atoms. The van der Waals surface area contributed by atoms with Crippen molar-refractivity contribution in [3.63, 3.8) is 0 Å². The monoisotopic (exact) mass is 510 g/mol. The zero-order valence-corrected chi connectivity index (χ0v) is 21.9. The molecule has 6 heteroatoms. The first kappa shape index (κ1) is 26.8. The van der Waals surface area contributed by atoms with Crippen LogP contribution in [-0.4, -0.2) is 28.8 Å². The molecule has 0 heterocycles. The summed E-state index contributed by atoms with van der Waals surface area (Å²) in [6.07, 6.45) is 1.34. The largest absolute Gasteiger partial charge is 0.352 e. The SMILES string of the molecule is CC[C@H](C)NC(=O)[C@@H](Cc1ccccc1)N(Cc1c(Cl)cccc1Cl)C(=O)Cc1cccc(C)c1. The molecule has 184 valence electrons. The van der Waals surface area contributed by atoms with Gasteiger partial charge in [-0.3, -0.25) is 9.59 Å². The Morgan fingerprint density at radius 3 is 2.17 bits per heavy atom. The van der Waals surface area contributed by atoms with Gasteiger partial charge >= 0.3 is 0 Å². The fraction of sp³-hybridized carbons (Fsp3) is 0.310. The van der Waals surface area contributed by atoms with Crippen molar-refractivity contribution in [2.45, 2.75) is 58.7 Å². The molecule has 0 unspecified atom stereocenters. The highest BCUT2D eigenvalue weighted by Gasteiger charge is 2.31. The summed E-state index contributed by atoms with van der Waals surface area (Å²) in [6.45, 7) is 6.10. The van der Waals surface area contributed by atoms with Crippen LogP contribution in [0, 0.1) is 6.92 Å². The number of carbonyl (C=O) groups excluding carboxylic acids is 2. The highest BCUT2D eigenvalue weighted by molar-refractivity contribution is 6.36. The van der Waals surface area contributed by atoms with Gasteiger partial charge in [-0.2, -0.15) is 0 Å². The van der Waals surface area contributed by atoms with Crippen LogP contribution in [0.25, 0.3) is 0 Å². The molecule has 4 nitrogen and oxygen atoms in total. The fourth-order valence-electron chi connectivity index (χ4n) is 3.95. The molecule has 0 aromatic heterocycles. The number of carbonyl (C=O) groups is 2. The molecule has 3 aromatic carbocycles. The van der Waals surface area contributed by atoms with E-state index < -0.39 is 6.04 Å². The fourth-order valence-corrected chi connectivity index (χ4v) is 4.46. The van der Waals surface area contributed by atoms with Crippen molar-refractivity contribution in [1.82, 2.24) is 10.2 Å². The molecule has 0 spiro atoms.